The number of fused-ring (bicyclic) bond motifs is 2. The normalized spacial score (nSPS) is 21.9. The summed E-state index contributed by atoms with van der Waals surface area (Å²) in [6.45, 7) is 1.72. The van der Waals surface area contributed by atoms with Gasteiger partial charge in [0.1, 0.15) is 27.9 Å². The van der Waals surface area contributed by atoms with Crippen LogP contribution in [0.2, 0.25) is 5.02 Å². The Kier molecular flexibility index (Phi) is 6.57. The molecular formula is C30H28ClN3O9. The first kappa shape index (κ1) is 28.4. The minimum Gasteiger partial charge on any atom is -0.496 e. The number of rotatable bonds is 5. The third kappa shape index (κ3) is 3.75. The number of aromatic nitrogens is 2. The number of nitrogens with zero attached hydrogens (tertiary/aromatic N) is 1. The summed E-state index contributed by atoms with van der Waals surface area (Å²) < 4.78 is 29.4. The molecule has 3 unspecified atom stereocenters. The Morgan fingerprint density at radius 1 is 0.930 bits per heavy atom. The quantitative estimate of drug-likeness (QED) is 0.413. The third-order valence-electron chi connectivity index (χ3n) is 8.48. The predicted octanol–water partition coefficient (Wildman–Crippen LogP) is 3.20. The lowest BCUT2D eigenvalue weighted by molar-refractivity contribution is -0.130. The molecule has 3 atom stereocenters. The second-order valence-corrected chi connectivity index (χ2v) is 10.9. The minimum atomic E-state index is -2.01. The standard InChI is InChI=1S/C30H28ClN3O9/c1-12-9-14-20(25(35)30(12)26(36)21-17(41-5)11-18(42-6)23(31)24(21)43-30)19(13-7-8-15(39-3)16(10-13)40-4)22-27(32-14)34(2)29(38)33-28(22)37/h7-8,10-12,19,32H,9H2,1-6H3,(H,33,37,38). The second-order valence-electron chi connectivity index (χ2n) is 10.5. The monoisotopic (exact) mass is 609 g/mol. The molecule has 3 heterocycles. The van der Waals surface area contributed by atoms with E-state index in [1.54, 1.807) is 25.1 Å². The zero-order valence-electron chi connectivity index (χ0n) is 24.2. The van der Waals surface area contributed by atoms with Crippen molar-refractivity contribution in [3.8, 4) is 28.7 Å². The number of ether oxygens (including phenoxy) is 5. The van der Waals surface area contributed by atoms with Crippen molar-refractivity contribution < 1.29 is 33.3 Å². The molecule has 0 saturated carbocycles. The van der Waals surface area contributed by atoms with Gasteiger partial charge in [0, 0.05) is 36.2 Å². The summed E-state index contributed by atoms with van der Waals surface area (Å²) in [6, 6.07) is 6.48. The van der Waals surface area contributed by atoms with E-state index in [-0.39, 0.29) is 51.2 Å². The number of halogens is 1. The van der Waals surface area contributed by atoms with E-state index in [1.807, 2.05) is 0 Å². The Bertz CT molecular complexity index is 1890. The van der Waals surface area contributed by atoms with E-state index in [0.717, 1.165) is 0 Å². The first-order valence-corrected chi connectivity index (χ1v) is 13.7. The number of methoxy groups -OCH3 is 4. The second kappa shape index (κ2) is 9.94. The molecule has 2 aromatic carbocycles. The van der Waals surface area contributed by atoms with Crippen LogP contribution in [0.5, 0.6) is 28.7 Å². The lowest BCUT2D eigenvalue weighted by Crippen LogP contribution is -2.58. The summed E-state index contributed by atoms with van der Waals surface area (Å²) in [6.07, 6.45) is 0.169. The van der Waals surface area contributed by atoms with Crippen molar-refractivity contribution in [3.05, 3.63) is 78.1 Å². The number of Topliss-reactive ketones (excluding diaryl/α,β-unsaturated/α-hetero) is 2. The Morgan fingerprint density at radius 3 is 2.26 bits per heavy atom. The van der Waals surface area contributed by atoms with Crippen LogP contribution in [0.4, 0.5) is 5.82 Å². The van der Waals surface area contributed by atoms with Crippen LogP contribution in [0.3, 0.4) is 0 Å². The van der Waals surface area contributed by atoms with Crippen LogP contribution >= 0.6 is 11.6 Å². The highest BCUT2D eigenvalue weighted by molar-refractivity contribution is 6.36. The summed E-state index contributed by atoms with van der Waals surface area (Å²) in [7, 11) is 7.27. The number of hydrogen-bond donors (Lipinski definition) is 2. The molecule has 0 fully saturated rings. The molecule has 2 aliphatic heterocycles. The van der Waals surface area contributed by atoms with Gasteiger partial charge in [0.25, 0.3) is 5.56 Å². The fourth-order valence-corrected chi connectivity index (χ4v) is 6.59. The van der Waals surface area contributed by atoms with E-state index in [0.29, 0.717) is 22.8 Å². The van der Waals surface area contributed by atoms with Crippen LogP contribution < -0.4 is 40.3 Å². The number of aromatic amines is 1. The Balaban J connectivity index is 1.61. The zero-order chi connectivity index (χ0) is 31.0. The fourth-order valence-electron chi connectivity index (χ4n) is 6.33. The van der Waals surface area contributed by atoms with Crippen LogP contribution in [0.1, 0.15) is 40.7 Å². The van der Waals surface area contributed by atoms with Gasteiger partial charge in [-0.25, -0.2) is 4.79 Å². The molecule has 12 nitrogen and oxygen atoms in total. The van der Waals surface area contributed by atoms with Gasteiger partial charge in [0.2, 0.25) is 17.2 Å². The molecule has 0 amide bonds. The van der Waals surface area contributed by atoms with Crippen molar-refractivity contribution >= 4 is 29.0 Å². The molecule has 0 bridgehead atoms. The first-order valence-electron chi connectivity index (χ1n) is 13.3. The molecule has 224 valence electrons. The summed E-state index contributed by atoms with van der Waals surface area (Å²) in [4.78, 5) is 57.6. The number of allylic oxidation sites excluding steroid dienone is 1. The highest BCUT2D eigenvalue weighted by atomic mass is 35.5. The smallest absolute Gasteiger partial charge is 0.329 e. The van der Waals surface area contributed by atoms with Gasteiger partial charge in [-0.3, -0.25) is 23.9 Å². The van der Waals surface area contributed by atoms with E-state index in [4.69, 9.17) is 35.3 Å². The molecule has 3 aromatic rings. The molecule has 6 rings (SSSR count). The minimum absolute atomic E-state index is 0.0146. The van der Waals surface area contributed by atoms with Crippen LogP contribution in [-0.4, -0.2) is 55.2 Å². The Hall–Kier alpha value is -4.71. The molecule has 0 radical (unpaired) electrons. The number of ketones is 2. The Labute approximate surface area is 250 Å². The summed E-state index contributed by atoms with van der Waals surface area (Å²) in [5.41, 5.74) is -2.07. The summed E-state index contributed by atoms with van der Waals surface area (Å²) >= 11 is 6.59. The van der Waals surface area contributed by atoms with Crippen molar-refractivity contribution in [2.45, 2.75) is 24.9 Å². The predicted molar refractivity (Wildman–Crippen MR) is 155 cm³/mol. The topological polar surface area (TPSA) is 147 Å². The highest BCUT2D eigenvalue weighted by Gasteiger charge is 2.63. The third-order valence-corrected chi connectivity index (χ3v) is 8.84. The summed E-state index contributed by atoms with van der Waals surface area (Å²) in [5, 5.41) is 3.19. The number of carbonyl (C=O) groups excluding carboxylic acids is 2. The van der Waals surface area contributed by atoms with Gasteiger partial charge in [-0.05, 0) is 24.1 Å². The van der Waals surface area contributed by atoms with Crippen LogP contribution in [0.15, 0.2) is 45.1 Å². The number of H-pyrrole nitrogens is 1. The molecule has 3 aliphatic rings. The average molecular weight is 610 g/mol. The van der Waals surface area contributed by atoms with Gasteiger partial charge in [-0.1, -0.05) is 24.6 Å². The van der Waals surface area contributed by atoms with Crippen molar-refractivity contribution in [2.75, 3.05) is 33.8 Å². The lowest BCUT2D eigenvalue weighted by Gasteiger charge is -2.42. The van der Waals surface area contributed by atoms with Crippen LogP contribution in [-0.2, 0) is 11.8 Å². The van der Waals surface area contributed by atoms with Gasteiger partial charge in [0.05, 0.1) is 34.0 Å². The van der Waals surface area contributed by atoms with Crippen molar-refractivity contribution in [1.82, 2.24) is 9.55 Å². The van der Waals surface area contributed by atoms with Crippen molar-refractivity contribution in [2.24, 2.45) is 13.0 Å². The van der Waals surface area contributed by atoms with Gasteiger partial charge in [0.15, 0.2) is 17.2 Å². The number of carbonyl (C=O) groups is 2. The van der Waals surface area contributed by atoms with Gasteiger partial charge < -0.3 is 29.0 Å². The van der Waals surface area contributed by atoms with Gasteiger partial charge in [-0.15, -0.1) is 0 Å². The zero-order valence-corrected chi connectivity index (χ0v) is 24.9. The van der Waals surface area contributed by atoms with E-state index < -0.39 is 40.3 Å². The molecule has 43 heavy (non-hydrogen) atoms. The molecule has 1 spiro atoms. The van der Waals surface area contributed by atoms with Crippen LogP contribution in [0.25, 0.3) is 0 Å². The SMILES string of the molecule is COc1ccc(C2C3=C(CC(C)C4(Oc5c(Cl)c(OC)cc(OC)c5C4=O)C3=O)Nc3c2c(=O)[nH]c(=O)n3C)cc1OC. The number of benzene rings is 2. The maximum absolute atomic E-state index is 14.9. The molecule has 2 N–H and O–H groups in total. The molecule has 13 heteroatoms. The van der Waals surface area contributed by atoms with E-state index in [9.17, 15) is 19.2 Å². The molecule has 1 aromatic heterocycles. The average Bonchev–Trinajstić information content (AvgIpc) is 3.32. The molecule has 0 saturated heterocycles. The highest BCUT2D eigenvalue weighted by Crippen LogP contribution is 2.56. The number of nitrogens with one attached hydrogen (secondary N) is 2. The largest absolute Gasteiger partial charge is 0.496 e. The fraction of sp³-hybridized carbons (Fsp3) is 0.333. The van der Waals surface area contributed by atoms with Gasteiger partial charge in [-0.2, -0.15) is 0 Å². The van der Waals surface area contributed by atoms with Gasteiger partial charge >= 0.3 is 5.69 Å². The van der Waals surface area contributed by atoms with Crippen LogP contribution in [0, 0.1) is 5.92 Å². The van der Waals surface area contributed by atoms with E-state index in [1.165, 1.54) is 46.1 Å². The van der Waals surface area contributed by atoms with Crippen molar-refractivity contribution in [3.63, 3.8) is 0 Å². The maximum Gasteiger partial charge on any atom is 0.329 e. The number of hydrogen-bond acceptors (Lipinski definition) is 10. The summed E-state index contributed by atoms with van der Waals surface area (Å²) in [5.74, 6) is -1.59. The van der Waals surface area contributed by atoms with E-state index >= 15 is 0 Å². The first-order chi connectivity index (χ1) is 20.5. The Morgan fingerprint density at radius 2 is 1.60 bits per heavy atom. The maximum atomic E-state index is 14.9. The van der Waals surface area contributed by atoms with Crippen molar-refractivity contribution in [1.29, 1.82) is 0 Å². The number of anilines is 1. The molecule has 1 aliphatic carbocycles. The molecular weight excluding hydrogens is 582 g/mol. The van der Waals surface area contributed by atoms with E-state index in [2.05, 4.69) is 10.3 Å². The lowest BCUT2D eigenvalue weighted by atomic mass is 9.66.